The Balaban J connectivity index is 2.08. The van der Waals surface area contributed by atoms with Crippen LogP contribution in [0.15, 0.2) is 42.5 Å². The van der Waals surface area contributed by atoms with Crippen LogP contribution in [-0.4, -0.2) is 0 Å². The first-order chi connectivity index (χ1) is 9.22. The molecule has 0 unspecified atom stereocenters. The highest BCUT2D eigenvalue weighted by atomic mass is 35.5. The zero-order valence-electron chi connectivity index (χ0n) is 10.1. The number of rotatable bonds is 4. The van der Waals surface area contributed by atoms with E-state index in [1.165, 1.54) is 12.1 Å². The zero-order chi connectivity index (χ0) is 13.7. The van der Waals surface area contributed by atoms with Gasteiger partial charge < -0.3 is 4.74 Å². The first-order valence-corrected chi connectivity index (χ1v) is 6.22. The Hall–Kier alpha value is -2.05. The van der Waals surface area contributed by atoms with E-state index in [1.807, 2.05) is 24.3 Å². The van der Waals surface area contributed by atoms with Gasteiger partial charge in [-0.15, -0.1) is 11.6 Å². The summed E-state index contributed by atoms with van der Waals surface area (Å²) in [5, 5.41) is 8.75. The third-order valence-electron chi connectivity index (χ3n) is 2.61. The lowest BCUT2D eigenvalue weighted by Crippen LogP contribution is -1.97. The van der Waals surface area contributed by atoms with Crippen LogP contribution in [0.1, 0.15) is 16.7 Å². The molecule has 0 amide bonds. The molecule has 0 saturated heterocycles. The number of alkyl halides is 1. The third kappa shape index (κ3) is 3.46. The maximum atomic E-state index is 13.2. The molecule has 0 aromatic heterocycles. The summed E-state index contributed by atoms with van der Waals surface area (Å²) in [7, 11) is 0. The molecule has 0 atom stereocenters. The van der Waals surface area contributed by atoms with Crippen molar-refractivity contribution in [2.24, 2.45) is 0 Å². The molecule has 4 heteroatoms. The van der Waals surface area contributed by atoms with E-state index in [9.17, 15) is 4.39 Å². The summed E-state index contributed by atoms with van der Waals surface area (Å²) >= 11 is 5.74. The lowest BCUT2D eigenvalue weighted by molar-refractivity contribution is 0.306. The Morgan fingerprint density at radius 2 is 2.00 bits per heavy atom. The van der Waals surface area contributed by atoms with E-state index in [0.717, 1.165) is 11.1 Å². The fraction of sp³-hybridized carbons (Fsp3) is 0.133. The number of hydrogen-bond donors (Lipinski definition) is 0. The quantitative estimate of drug-likeness (QED) is 0.790. The fourth-order valence-electron chi connectivity index (χ4n) is 1.63. The highest BCUT2D eigenvalue weighted by molar-refractivity contribution is 6.17. The molecule has 0 bridgehead atoms. The minimum atomic E-state index is -0.518. The summed E-state index contributed by atoms with van der Waals surface area (Å²) < 4.78 is 18.7. The van der Waals surface area contributed by atoms with Crippen LogP contribution in [0.3, 0.4) is 0 Å². The van der Waals surface area contributed by atoms with Crippen LogP contribution in [0, 0.1) is 17.1 Å². The summed E-state index contributed by atoms with van der Waals surface area (Å²) in [4.78, 5) is 0. The summed E-state index contributed by atoms with van der Waals surface area (Å²) in [6.07, 6.45) is 0. The zero-order valence-corrected chi connectivity index (χ0v) is 10.8. The predicted molar refractivity (Wildman–Crippen MR) is 71.4 cm³/mol. The molecule has 2 rings (SSSR count). The minimum absolute atomic E-state index is 0.0237. The van der Waals surface area contributed by atoms with Crippen molar-refractivity contribution in [2.45, 2.75) is 12.5 Å². The van der Waals surface area contributed by atoms with Gasteiger partial charge in [-0.1, -0.05) is 18.2 Å². The molecule has 0 spiro atoms. The van der Waals surface area contributed by atoms with Crippen LogP contribution in [0.2, 0.25) is 0 Å². The molecular weight excluding hydrogens is 265 g/mol. The van der Waals surface area contributed by atoms with Gasteiger partial charge in [-0.2, -0.15) is 5.26 Å². The van der Waals surface area contributed by atoms with E-state index >= 15 is 0 Å². The summed E-state index contributed by atoms with van der Waals surface area (Å²) in [5.74, 6) is 0.600. The van der Waals surface area contributed by atoms with Crippen molar-refractivity contribution in [3.05, 3.63) is 65.0 Å². The molecule has 2 nitrogen and oxygen atoms in total. The van der Waals surface area contributed by atoms with Gasteiger partial charge >= 0.3 is 0 Å². The molecule has 2 aromatic rings. The van der Waals surface area contributed by atoms with Gasteiger partial charge in [-0.25, -0.2) is 4.39 Å². The van der Waals surface area contributed by atoms with Crippen molar-refractivity contribution >= 4 is 11.6 Å². The van der Waals surface area contributed by atoms with Gasteiger partial charge in [0.1, 0.15) is 24.2 Å². The van der Waals surface area contributed by atoms with Crippen LogP contribution in [0.25, 0.3) is 0 Å². The Morgan fingerprint density at radius 1 is 1.16 bits per heavy atom. The number of benzene rings is 2. The van der Waals surface area contributed by atoms with Gasteiger partial charge in [0, 0.05) is 5.88 Å². The third-order valence-corrected chi connectivity index (χ3v) is 2.92. The van der Waals surface area contributed by atoms with E-state index in [2.05, 4.69) is 0 Å². The van der Waals surface area contributed by atoms with Crippen molar-refractivity contribution in [1.29, 1.82) is 5.26 Å². The monoisotopic (exact) mass is 275 g/mol. The van der Waals surface area contributed by atoms with Crippen molar-refractivity contribution in [1.82, 2.24) is 0 Å². The largest absolute Gasteiger partial charge is 0.489 e. The standard InChI is InChI=1S/C15H11ClFNO/c16-8-11-2-1-3-14(7-11)19-10-12-4-5-15(17)13(6-12)9-18/h1-7H,8,10H2. The smallest absolute Gasteiger partial charge is 0.140 e. The lowest BCUT2D eigenvalue weighted by Gasteiger charge is -2.07. The van der Waals surface area contributed by atoms with E-state index < -0.39 is 5.82 Å². The molecule has 0 fully saturated rings. The van der Waals surface area contributed by atoms with Gasteiger partial charge in [-0.3, -0.25) is 0 Å². The first kappa shape index (κ1) is 13.4. The molecule has 0 aliphatic rings. The first-order valence-electron chi connectivity index (χ1n) is 5.69. The summed E-state index contributed by atoms with van der Waals surface area (Å²) in [6.45, 7) is 0.278. The Labute approximate surface area is 116 Å². The predicted octanol–water partition coefficient (Wildman–Crippen LogP) is 4.02. The van der Waals surface area contributed by atoms with E-state index in [1.54, 1.807) is 12.1 Å². The number of nitrogens with zero attached hydrogens (tertiary/aromatic N) is 1. The maximum absolute atomic E-state index is 13.2. The molecular formula is C15H11ClFNO. The van der Waals surface area contributed by atoms with Gasteiger partial charge in [0.15, 0.2) is 0 Å². The van der Waals surface area contributed by atoms with Crippen molar-refractivity contribution < 1.29 is 9.13 Å². The van der Waals surface area contributed by atoms with Gasteiger partial charge in [-0.05, 0) is 35.4 Å². The lowest BCUT2D eigenvalue weighted by atomic mass is 10.1. The average molecular weight is 276 g/mol. The second-order valence-corrected chi connectivity index (χ2v) is 4.26. The van der Waals surface area contributed by atoms with Crippen LogP contribution >= 0.6 is 11.6 Å². The molecule has 0 aliphatic carbocycles. The van der Waals surface area contributed by atoms with Crippen molar-refractivity contribution in [2.75, 3.05) is 0 Å². The second kappa shape index (κ2) is 6.21. The highest BCUT2D eigenvalue weighted by Crippen LogP contribution is 2.17. The van der Waals surface area contributed by atoms with Gasteiger partial charge in [0.2, 0.25) is 0 Å². The number of halogens is 2. The highest BCUT2D eigenvalue weighted by Gasteiger charge is 2.03. The normalized spacial score (nSPS) is 9.95. The summed E-state index contributed by atoms with van der Waals surface area (Å²) in [6, 6.07) is 13.6. The molecule has 0 aliphatic heterocycles. The van der Waals surface area contributed by atoms with Crippen LogP contribution in [0.5, 0.6) is 5.75 Å². The van der Waals surface area contributed by atoms with Crippen LogP contribution in [-0.2, 0) is 12.5 Å². The van der Waals surface area contributed by atoms with Crippen LogP contribution in [0.4, 0.5) is 4.39 Å². The molecule has 96 valence electrons. The molecule has 0 heterocycles. The number of ether oxygens (including phenoxy) is 1. The van der Waals surface area contributed by atoms with Crippen LogP contribution < -0.4 is 4.74 Å². The SMILES string of the molecule is N#Cc1cc(COc2cccc(CCl)c2)ccc1F. The second-order valence-electron chi connectivity index (χ2n) is 4.00. The van der Waals surface area contributed by atoms with Crippen molar-refractivity contribution in [3.63, 3.8) is 0 Å². The molecule has 0 saturated carbocycles. The molecule has 0 radical (unpaired) electrons. The molecule has 2 aromatic carbocycles. The summed E-state index contributed by atoms with van der Waals surface area (Å²) in [5.41, 5.74) is 1.74. The minimum Gasteiger partial charge on any atom is -0.489 e. The fourth-order valence-corrected chi connectivity index (χ4v) is 1.80. The molecule has 0 N–H and O–H groups in total. The van der Waals surface area contributed by atoms with Gasteiger partial charge in [0.25, 0.3) is 0 Å². The topological polar surface area (TPSA) is 33.0 Å². The van der Waals surface area contributed by atoms with Gasteiger partial charge in [0.05, 0.1) is 5.56 Å². The maximum Gasteiger partial charge on any atom is 0.140 e. The van der Waals surface area contributed by atoms with E-state index in [4.69, 9.17) is 21.6 Å². The van der Waals surface area contributed by atoms with E-state index in [0.29, 0.717) is 11.6 Å². The van der Waals surface area contributed by atoms with E-state index in [-0.39, 0.29) is 12.2 Å². The molecule has 19 heavy (non-hydrogen) atoms. The number of nitriles is 1. The van der Waals surface area contributed by atoms with Crippen molar-refractivity contribution in [3.8, 4) is 11.8 Å². The Kier molecular flexibility index (Phi) is 4.38. The number of hydrogen-bond acceptors (Lipinski definition) is 2. The average Bonchev–Trinajstić information content (AvgIpc) is 2.46. The Morgan fingerprint density at radius 3 is 2.74 bits per heavy atom. The Bertz CT molecular complexity index is 622.